The van der Waals surface area contributed by atoms with Crippen LogP contribution >= 0.6 is 36.4 Å². The number of anilines is 2. The van der Waals surface area contributed by atoms with Crippen LogP contribution in [0.25, 0.3) is 0 Å². The summed E-state index contributed by atoms with van der Waals surface area (Å²) in [4.78, 5) is 14.2. The van der Waals surface area contributed by atoms with E-state index in [1.807, 2.05) is 31.1 Å². The second-order valence-corrected chi connectivity index (χ2v) is 5.52. The topological polar surface area (TPSA) is 44.4 Å². The number of benzene rings is 1. The second kappa shape index (κ2) is 9.36. The van der Waals surface area contributed by atoms with E-state index >= 15 is 0 Å². The average Bonchev–Trinajstić information content (AvgIpc) is 2.39. The molecule has 1 saturated heterocycles. The number of halogens is 3. The van der Waals surface area contributed by atoms with Gasteiger partial charge < -0.3 is 15.5 Å². The molecule has 2 rings (SSSR count). The number of piperidine rings is 1. The molecule has 1 heterocycles. The van der Waals surface area contributed by atoms with Crippen molar-refractivity contribution in [3.8, 4) is 0 Å². The molecule has 1 aliphatic heterocycles. The number of hydrogen-bond donors (Lipinski definition) is 2. The molecule has 1 aromatic carbocycles. The lowest BCUT2D eigenvalue weighted by Gasteiger charge is -2.24. The SMILES string of the molecule is CN(C)c1ccc(Cl)cc1NC(=O)[C@@H]1CCCNC1.Cl.Cl. The third-order valence-corrected chi connectivity index (χ3v) is 3.60. The van der Waals surface area contributed by atoms with Gasteiger partial charge in [-0.25, -0.2) is 0 Å². The maximum atomic E-state index is 12.2. The molecular weight excluding hydrogens is 333 g/mol. The number of amides is 1. The molecule has 0 spiro atoms. The molecule has 0 aliphatic carbocycles. The largest absolute Gasteiger partial charge is 0.376 e. The Morgan fingerprint density at radius 1 is 1.38 bits per heavy atom. The van der Waals surface area contributed by atoms with E-state index in [0.717, 1.165) is 37.3 Å². The van der Waals surface area contributed by atoms with Crippen LogP contribution in [0.4, 0.5) is 11.4 Å². The zero-order valence-corrected chi connectivity index (χ0v) is 14.6. The fourth-order valence-electron chi connectivity index (χ4n) is 2.31. The Balaban J connectivity index is 0.00000200. The summed E-state index contributed by atoms with van der Waals surface area (Å²) < 4.78 is 0. The Bertz CT molecular complexity index is 463. The van der Waals surface area contributed by atoms with Gasteiger partial charge in [0.2, 0.25) is 5.91 Å². The van der Waals surface area contributed by atoms with E-state index in [1.165, 1.54) is 0 Å². The standard InChI is InChI=1S/C14H20ClN3O.2ClH/c1-18(2)13-6-5-11(15)8-12(13)17-14(19)10-4-3-7-16-9-10;;/h5-6,8,10,16H,3-4,7,9H2,1-2H3,(H,17,19);2*1H/t10-;;/m1../s1. The minimum Gasteiger partial charge on any atom is -0.376 e. The Labute approximate surface area is 143 Å². The average molecular weight is 355 g/mol. The predicted molar refractivity (Wildman–Crippen MR) is 94.5 cm³/mol. The summed E-state index contributed by atoms with van der Waals surface area (Å²) in [5, 5.41) is 6.88. The van der Waals surface area contributed by atoms with Gasteiger partial charge in [-0.2, -0.15) is 0 Å². The fourth-order valence-corrected chi connectivity index (χ4v) is 2.48. The molecule has 2 N–H and O–H groups in total. The highest BCUT2D eigenvalue weighted by molar-refractivity contribution is 6.31. The molecule has 1 amide bonds. The van der Waals surface area contributed by atoms with Crippen molar-refractivity contribution in [2.45, 2.75) is 12.8 Å². The van der Waals surface area contributed by atoms with Gasteiger partial charge in [0.05, 0.1) is 17.3 Å². The summed E-state index contributed by atoms with van der Waals surface area (Å²) in [7, 11) is 3.89. The quantitative estimate of drug-likeness (QED) is 0.876. The third-order valence-electron chi connectivity index (χ3n) is 3.37. The Kier molecular flexibility index (Phi) is 9.06. The van der Waals surface area contributed by atoms with Crippen LogP contribution in [-0.2, 0) is 4.79 Å². The lowest BCUT2D eigenvalue weighted by atomic mass is 9.98. The Morgan fingerprint density at radius 2 is 2.10 bits per heavy atom. The molecule has 1 fully saturated rings. The van der Waals surface area contributed by atoms with Crippen molar-refractivity contribution < 1.29 is 4.79 Å². The van der Waals surface area contributed by atoms with Crippen LogP contribution in [0.5, 0.6) is 0 Å². The summed E-state index contributed by atoms with van der Waals surface area (Å²) >= 11 is 6.01. The van der Waals surface area contributed by atoms with Gasteiger partial charge in [0.1, 0.15) is 0 Å². The number of nitrogens with zero attached hydrogens (tertiary/aromatic N) is 1. The highest BCUT2D eigenvalue weighted by Crippen LogP contribution is 2.28. The van der Waals surface area contributed by atoms with E-state index < -0.39 is 0 Å². The molecule has 1 aromatic rings. The van der Waals surface area contributed by atoms with Crippen LogP contribution in [0.3, 0.4) is 0 Å². The first-order valence-electron chi connectivity index (χ1n) is 6.56. The number of hydrogen-bond acceptors (Lipinski definition) is 3. The zero-order valence-electron chi connectivity index (χ0n) is 12.2. The summed E-state index contributed by atoms with van der Waals surface area (Å²) in [5.74, 6) is 0.111. The van der Waals surface area contributed by atoms with Crippen molar-refractivity contribution in [3.05, 3.63) is 23.2 Å². The van der Waals surface area contributed by atoms with Crippen LogP contribution in [0.15, 0.2) is 18.2 Å². The smallest absolute Gasteiger partial charge is 0.228 e. The van der Waals surface area contributed by atoms with Gasteiger partial charge in [-0.05, 0) is 37.6 Å². The number of nitrogens with one attached hydrogen (secondary N) is 2. The molecule has 0 bridgehead atoms. The first kappa shape index (κ1) is 20.3. The van der Waals surface area contributed by atoms with Crippen molar-refractivity contribution in [2.24, 2.45) is 5.92 Å². The van der Waals surface area contributed by atoms with Crippen molar-refractivity contribution in [1.82, 2.24) is 5.32 Å². The maximum Gasteiger partial charge on any atom is 0.228 e. The third kappa shape index (κ3) is 5.55. The van der Waals surface area contributed by atoms with Crippen LogP contribution in [0.1, 0.15) is 12.8 Å². The van der Waals surface area contributed by atoms with Crippen molar-refractivity contribution >= 4 is 53.7 Å². The lowest BCUT2D eigenvalue weighted by Crippen LogP contribution is -2.37. The van der Waals surface area contributed by atoms with Crippen molar-refractivity contribution in [3.63, 3.8) is 0 Å². The van der Waals surface area contributed by atoms with E-state index in [0.29, 0.717) is 5.02 Å². The monoisotopic (exact) mass is 353 g/mol. The highest BCUT2D eigenvalue weighted by atomic mass is 35.5. The highest BCUT2D eigenvalue weighted by Gasteiger charge is 2.21. The molecule has 0 saturated carbocycles. The van der Waals surface area contributed by atoms with E-state index in [-0.39, 0.29) is 36.6 Å². The summed E-state index contributed by atoms with van der Waals surface area (Å²) in [6.45, 7) is 1.76. The van der Waals surface area contributed by atoms with Gasteiger partial charge in [-0.15, -0.1) is 24.8 Å². The summed E-state index contributed by atoms with van der Waals surface area (Å²) in [6.07, 6.45) is 1.99. The zero-order chi connectivity index (χ0) is 13.8. The van der Waals surface area contributed by atoms with Gasteiger partial charge >= 0.3 is 0 Å². The Hall–Kier alpha value is -0.680. The van der Waals surface area contributed by atoms with Gasteiger partial charge in [0.15, 0.2) is 0 Å². The molecule has 1 atom stereocenters. The summed E-state index contributed by atoms with van der Waals surface area (Å²) in [6, 6.07) is 5.54. The molecular formula is C14H22Cl3N3O. The van der Waals surface area contributed by atoms with Gasteiger partial charge in [0.25, 0.3) is 0 Å². The minimum atomic E-state index is 0. The number of rotatable bonds is 3. The molecule has 0 radical (unpaired) electrons. The van der Waals surface area contributed by atoms with Crippen LogP contribution in [0.2, 0.25) is 5.02 Å². The van der Waals surface area contributed by atoms with Crippen LogP contribution in [0, 0.1) is 5.92 Å². The van der Waals surface area contributed by atoms with E-state index in [1.54, 1.807) is 6.07 Å². The normalized spacial score (nSPS) is 17.2. The first-order valence-corrected chi connectivity index (χ1v) is 6.94. The lowest BCUT2D eigenvalue weighted by molar-refractivity contribution is -0.120. The van der Waals surface area contributed by atoms with Crippen molar-refractivity contribution in [1.29, 1.82) is 0 Å². The number of carbonyl (C=O) groups is 1. The maximum absolute atomic E-state index is 12.2. The Morgan fingerprint density at radius 3 is 2.67 bits per heavy atom. The van der Waals surface area contributed by atoms with E-state index in [4.69, 9.17) is 11.6 Å². The van der Waals surface area contributed by atoms with Gasteiger partial charge in [-0.1, -0.05) is 11.6 Å². The minimum absolute atomic E-state index is 0. The van der Waals surface area contributed by atoms with Crippen LogP contribution in [-0.4, -0.2) is 33.1 Å². The molecule has 4 nitrogen and oxygen atoms in total. The molecule has 0 unspecified atom stereocenters. The molecule has 1 aliphatic rings. The molecule has 120 valence electrons. The second-order valence-electron chi connectivity index (χ2n) is 5.09. The van der Waals surface area contributed by atoms with E-state index in [2.05, 4.69) is 10.6 Å². The van der Waals surface area contributed by atoms with Gasteiger partial charge in [0, 0.05) is 25.7 Å². The first-order chi connectivity index (χ1) is 9.08. The van der Waals surface area contributed by atoms with Crippen LogP contribution < -0.4 is 15.5 Å². The summed E-state index contributed by atoms with van der Waals surface area (Å²) in [5.41, 5.74) is 1.73. The predicted octanol–water partition coefficient (Wildman–Crippen LogP) is 3.19. The van der Waals surface area contributed by atoms with Crippen molar-refractivity contribution in [2.75, 3.05) is 37.4 Å². The fraction of sp³-hybridized carbons (Fsp3) is 0.500. The van der Waals surface area contributed by atoms with E-state index in [9.17, 15) is 4.79 Å². The van der Waals surface area contributed by atoms with Gasteiger partial charge in [-0.3, -0.25) is 4.79 Å². The molecule has 21 heavy (non-hydrogen) atoms. The molecule has 0 aromatic heterocycles. The number of carbonyl (C=O) groups excluding carboxylic acids is 1. The molecule has 7 heteroatoms.